The summed E-state index contributed by atoms with van der Waals surface area (Å²) in [7, 11) is 3.16. The maximum absolute atomic E-state index is 5.97. The van der Waals surface area contributed by atoms with Crippen molar-refractivity contribution < 1.29 is 18.7 Å². The van der Waals surface area contributed by atoms with Crippen molar-refractivity contribution >= 4 is 11.6 Å². The van der Waals surface area contributed by atoms with Gasteiger partial charge in [0.15, 0.2) is 17.6 Å². The Hall–Kier alpha value is -2.73. The molecule has 0 amide bonds. The monoisotopic (exact) mass is 374 g/mol. The fraction of sp³-hybridized carbons (Fsp3) is 0.263. The van der Waals surface area contributed by atoms with Crippen LogP contribution in [0.4, 0.5) is 0 Å². The molecule has 0 bridgehead atoms. The first-order valence-corrected chi connectivity index (χ1v) is 8.38. The molecular formula is C19H19ClN2O4. The number of ether oxygens (including phenoxy) is 3. The maximum atomic E-state index is 5.97. The van der Waals surface area contributed by atoms with Gasteiger partial charge in [-0.1, -0.05) is 16.8 Å². The number of aromatic nitrogens is 2. The van der Waals surface area contributed by atoms with E-state index in [0.717, 1.165) is 11.1 Å². The average molecular weight is 375 g/mol. The third-order valence-electron chi connectivity index (χ3n) is 3.87. The third-order valence-corrected chi connectivity index (χ3v) is 4.11. The van der Waals surface area contributed by atoms with Gasteiger partial charge < -0.3 is 18.7 Å². The Kier molecular flexibility index (Phi) is 5.32. The molecule has 0 N–H and O–H groups in total. The molecule has 0 saturated heterocycles. The van der Waals surface area contributed by atoms with Crippen LogP contribution in [-0.2, 0) is 0 Å². The Labute approximate surface area is 156 Å². The molecule has 0 aliphatic carbocycles. The normalized spacial score (nSPS) is 11.9. The quantitative estimate of drug-likeness (QED) is 0.614. The van der Waals surface area contributed by atoms with Crippen LogP contribution in [0.2, 0.25) is 5.02 Å². The SMILES string of the molecule is COc1ccc(-c2noc(C(C)Oc3ccc(Cl)cc3C)n2)cc1OC. The van der Waals surface area contributed by atoms with Crippen LogP contribution in [0.5, 0.6) is 17.2 Å². The number of aryl methyl sites for hydroxylation is 1. The molecule has 3 aromatic rings. The van der Waals surface area contributed by atoms with Crippen molar-refractivity contribution in [3.63, 3.8) is 0 Å². The van der Waals surface area contributed by atoms with E-state index in [4.69, 9.17) is 30.3 Å². The van der Waals surface area contributed by atoms with Gasteiger partial charge in [0.1, 0.15) is 5.75 Å². The number of halogens is 1. The highest BCUT2D eigenvalue weighted by molar-refractivity contribution is 6.30. The van der Waals surface area contributed by atoms with Crippen molar-refractivity contribution in [2.45, 2.75) is 20.0 Å². The number of hydrogen-bond donors (Lipinski definition) is 0. The van der Waals surface area contributed by atoms with Gasteiger partial charge in [-0.3, -0.25) is 0 Å². The van der Waals surface area contributed by atoms with E-state index in [-0.39, 0.29) is 0 Å². The summed E-state index contributed by atoms with van der Waals surface area (Å²) >= 11 is 5.97. The number of rotatable bonds is 6. The summed E-state index contributed by atoms with van der Waals surface area (Å²) in [5, 5.41) is 4.70. The van der Waals surface area contributed by atoms with Crippen molar-refractivity contribution in [2.75, 3.05) is 14.2 Å². The summed E-state index contributed by atoms with van der Waals surface area (Å²) in [5.74, 6) is 2.77. The average Bonchev–Trinajstić information content (AvgIpc) is 3.13. The lowest BCUT2D eigenvalue weighted by atomic mass is 10.2. The van der Waals surface area contributed by atoms with E-state index in [0.29, 0.717) is 34.0 Å². The molecule has 0 spiro atoms. The molecule has 3 rings (SSSR count). The fourth-order valence-corrected chi connectivity index (χ4v) is 2.71. The first-order valence-electron chi connectivity index (χ1n) is 8.00. The molecule has 0 saturated carbocycles. The number of methoxy groups -OCH3 is 2. The van der Waals surface area contributed by atoms with E-state index in [2.05, 4.69) is 10.1 Å². The van der Waals surface area contributed by atoms with E-state index in [1.165, 1.54) is 0 Å². The molecule has 136 valence electrons. The van der Waals surface area contributed by atoms with Gasteiger partial charge in [0.25, 0.3) is 5.89 Å². The van der Waals surface area contributed by atoms with E-state index in [1.807, 2.05) is 32.0 Å². The second kappa shape index (κ2) is 7.66. The summed E-state index contributed by atoms with van der Waals surface area (Å²) in [4.78, 5) is 4.43. The Morgan fingerprint density at radius 1 is 1.00 bits per heavy atom. The van der Waals surface area contributed by atoms with Gasteiger partial charge in [-0.05, 0) is 55.8 Å². The second-order valence-corrected chi connectivity index (χ2v) is 6.13. The number of hydrogen-bond acceptors (Lipinski definition) is 6. The molecular weight excluding hydrogens is 356 g/mol. The molecule has 1 aromatic heterocycles. The van der Waals surface area contributed by atoms with Gasteiger partial charge in [-0.15, -0.1) is 0 Å². The summed E-state index contributed by atoms with van der Waals surface area (Å²) in [6, 6.07) is 10.9. The molecule has 1 atom stereocenters. The highest BCUT2D eigenvalue weighted by atomic mass is 35.5. The minimum atomic E-state index is -0.406. The molecule has 6 nitrogen and oxygen atoms in total. The summed E-state index contributed by atoms with van der Waals surface area (Å²) in [6.07, 6.45) is -0.406. The molecule has 2 aromatic carbocycles. The van der Waals surface area contributed by atoms with Gasteiger partial charge in [-0.25, -0.2) is 0 Å². The van der Waals surface area contributed by atoms with E-state index < -0.39 is 6.10 Å². The van der Waals surface area contributed by atoms with Gasteiger partial charge >= 0.3 is 0 Å². The van der Waals surface area contributed by atoms with Crippen LogP contribution >= 0.6 is 11.6 Å². The zero-order valence-electron chi connectivity index (χ0n) is 14.9. The Balaban J connectivity index is 1.81. The highest BCUT2D eigenvalue weighted by Gasteiger charge is 2.18. The lowest BCUT2D eigenvalue weighted by molar-refractivity contribution is 0.175. The van der Waals surface area contributed by atoms with Crippen molar-refractivity contribution in [3.8, 4) is 28.6 Å². The standard InChI is InChI=1S/C19H19ClN2O4/c1-11-9-14(20)6-8-15(11)25-12(2)19-21-18(22-26-19)13-5-7-16(23-3)17(10-13)24-4/h5-10,12H,1-4H3. The van der Waals surface area contributed by atoms with E-state index in [1.54, 1.807) is 32.4 Å². The smallest absolute Gasteiger partial charge is 0.267 e. The minimum Gasteiger partial charge on any atom is -0.493 e. The Morgan fingerprint density at radius 2 is 1.73 bits per heavy atom. The molecule has 0 fully saturated rings. The van der Waals surface area contributed by atoms with Crippen molar-refractivity contribution in [1.82, 2.24) is 10.1 Å². The highest BCUT2D eigenvalue weighted by Crippen LogP contribution is 2.32. The van der Waals surface area contributed by atoms with Gasteiger partial charge in [0.05, 0.1) is 14.2 Å². The molecule has 0 aliphatic rings. The Morgan fingerprint density at radius 3 is 2.42 bits per heavy atom. The van der Waals surface area contributed by atoms with Crippen LogP contribution in [0, 0.1) is 6.92 Å². The van der Waals surface area contributed by atoms with Crippen LogP contribution in [0.1, 0.15) is 24.5 Å². The molecule has 1 heterocycles. The summed E-state index contributed by atoms with van der Waals surface area (Å²) < 4.78 is 21.8. The van der Waals surface area contributed by atoms with Crippen LogP contribution in [0.25, 0.3) is 11.4 Å². The summed E-state index contributed by atoms with van der Waals surface area (Å²) in [5.41, 5.74) is 1.69. The predicted molar refractivity (Wildman–Crippen MR) is 98.1 cm³/mol. The zero-order chi connectivity index (χ0) is 18.7. The summed E-state index contributed by atoms with van der Waals surface area (Å²) in [6.45, 7) is 3.77. The predicted octanol–water partition coefficient (Wildman–Crippen LogP) is 4.86. The van der Waals surface area contributed by atoms with Crippen molar-refractivity contribution in [2.24, 2.45) is 0 Å². The molecule has 7 heteroatoms. The minimum absolute atomic E-state index is 0.379. The Bertz CT molecular complexity index is 910. The molecule has 0 radical (unpaired) electrons. The first kappa shape index (κ1) is 18.1. The van der Waals surface area contributed by atoms with Gasteiger partial charge in [-0.2, -0.15) is 4.98 Å². The molecule has 26 heavy (non-hydrogen) atoms. The maximum Gasteiger partial charge on any atom is 0.267 e. The number of benzene rings is 2. The zero-order valence-corrected chi connectivity index (χ0v) is 15.7. The fourth-order valence-electron chi connectivity index (χ4n) is 2.48. The lowest BCUT2D eigenvalue weighted by Crippen LogP contribution is -2.04. The first-order chi connectivity index (χ1) is 12.5. The largest absolute Gasteiger partial charge is 0.493 e. The second-order valence-electron chi connectivity index (χ2n) is 5.70. The third kappa shape index (κ3) is 3.75. The van der Waals surface area contributed by atoms with E-state index >= 15 is 0 Å². The number of nitrogens with zero attached hydrogens (tertiary/aromatic N) is 2. The molecule has 0 aliphatic heterocycles. The van der Waals surface area contributed by atoms with Crippen molar-refractivity contribution in [3.05, 3.63) is 52.9 Å². The van der Waals surface area contributed by atoms with Crippen LogP contribution < -0.4 is 14.2 Å². The topological polar surface area (TPSA) is 66.6 Å². The van der Waals surface area contributed by atoms with Crippen LogP contribution in [0.3, 0.4) is 0 Å². The van der Waals surface area contributed by atoms with E-state index in [9.17, 15) is 0 Å². The van der Waals surface area contributed by atoms with Gasteiger partial charge in [0.2, 0.25) is 5.82 Å². The van der Waals surface area contributed by atoms with Crippen LogP contribution in [0.15, 0.2) is 40.9 Å². The molecule has 1 unspecified atom stereocenters. The van der Waals surface area contributed by atoms with Crippen LogP contribution in [-0.4, -0.2) is 24.4 Å². The van der Waals surface area contributed by atoms with Crippen molar-refractivity contribution in [1.29, 1.82) is 0 Å². The van der Waals surface area contributed by atoms with Gasteiger partial charge in [0, 0.05) is 10.6 Å². The lowest BCUT2D eigenvalue weighted by Gasteiger charge is -2.13.